The fourth-order valence-electron chi connectivity index (χ4n) is 1.74. The van der Waals surface area contributed by atoms with Crippen molar-refractivity contribution in [2.45, 2.75) is 31.8 Å². The number of hydrogen-bond donors (Lipinski definition) is 3. The summed E-state index contributed by atoms with van der Waals surface area (Å²) in [5, 5.41) is 25.1. The molecule has 0 bridgehead atoms. The van der Waals surface area contributed by atoms with E-state index < -0.39 is 22.8 Å². The fraction of sp³-hybridized carbons (Fsp3) is 0.385. The molecule has 0 spiro atoms. The largest absolute Gasteiger partial charge is 0.480 e. The topological polar surface area (TPSA) is 122 Å². The van der Waals surface area contributed by atoms with E-state index in [1.54, 1.807) is 0 Å². The highest BCUT2D eigenvalue weighted by Crippen LogP contribution is 2.31. The number of anilines is 1. The van der Waals surface area contributed by atoms with E-state index in [0.29, 0.717) is 5.69 Å². The van der Waals surface area contributed by atoms with E-state index in [-0.39, 0.29) is 17.3 Å². The van der Waals surface area contributed by atoms with Gasteiger partial charge in [0.05, 0.1) is 4.92 Å². The second-order valence-corrected chi connectivity index (χ2v) is 4.94. The smallest absolute Gasteiger partial charge is 0.325 e. The molecule has 1 aliphatic rings. The summed E-state index contributed by atoms with van der Waals surface area (Å²) >= 11 is 0. The van der Waals surface area contributed by atoms with E-state index in [2.05, 4.69) is 10.6 Å². The van der Waals surface area contributed by atoms with Crippen molar-refractivity contribution < 1.29 is 19.6 Å². The summed E-state index contributed by atoms with van der Waals surface area (Å²) in [5.41, 5.74) is 0.221. The number of nitrogens with zero attached hydrogens (tertiary/aromatic N) is 1. The molecule has 1 fully saturated rings. The van der Waals surface area contributed by atoms with Gasteiger partial charge < -0.3 is 15.7 Å². The highest BCUT2D eigenvalue weighted by atomic mass is 16.6. The monoisotopic (exact) mass is 293 g/mol. The molecule has 0 saturated heterocycles. The second-order valence-electron chi connectivity index (χ2n) is 4.94. The van der Waals surface area contributed by atoms with Crippen LogP contribution in [0.3, 0.4) is 0 Å². The number of rotatable bonds is 6. The minimum absolute atomic E-state index is 0.0520. The van der Waals surface area contributed by atoms with Crippen LogP contribution in [-0.4, -0.2) is 34.0 Å². The van der Waals surface area contributed by atoms with Gasteiger partial charge in [0.2, 0.25) is 0 Å². The molecular formula is C13H15N3O5. The van der Waals surface area contributed by atoms with Gasteiger partial charge in [-0.1, -0.05) is 0 Å². The second kappa shape index (κ2) is 5.78. The average Bonchev–Trinajstić information content (AvgIpc) is 3.22. The SMILES string of the molecule is C[C@H](NC(=O)c1ccc(NC2CC2)c([N+](=O)[O-])c1)C(=O)O. The van der Waals surface area contributed by atoms with Crippen LogP contribution in [0.25, 0.3) is 0 Å². The van der Waals surface area contributed by atoms with Crippen LogP contribution in [0.1, 0.15) is 30.1 Å². The zero-order chi connectivity index (χ0) is 15.6. The van der Waals surface area contributed by atoms with E-state index in [1.165, 1.54) is 19.1 Å². The van der Waals surface area contributed by atoms with Crippen molar-refractivity contribution in [3.63, 3.8) is 0 Å². The molecule has 112 valence electrons. The van der Waals surface area contributed by atoms with Gasteiger partial charge in [-0.2, -0.15) is 0 Å². The number of nitro benzene ring substituents is 1. The molecule has 2 rings (SSSR count). The molecule has 0 aromatic heterocycles. The Hall–Kier alpha value is -2.64. The number of aliphatic carboxylic acids is 1. The molecule has 1 aliphatic carbocycles. The number of nitro groups is 1. The molecule has 1 atom stereocenters. The molecule has 8 heteroatoms. The predicted molar refractivity (Wildman–Crippen MR) is 74.3 cm³/mol. The van der Waals surface area contributed by atoms with Crippen molar-refractivity contribution in [3.05, 3.63) is 33.9 Å². The number of carboxylic acids is 1. The third-order valence-corrected chi connectivity index (χ3v) is 3.11. The van der Waals surface area contributed by atoms with Crippen molar-refractivity contribution >= 4 is 23.3 Å². The lowest BCUT2D eigenvalue weighted by Crippen LogP contribution is -2.38. The van der Waals surface area contributed by atoms with Gasteiger partial charge in [-0.3, -0.25) is 19.7 Å². The molecule has 0 aliphatic heterocycles. The Morgan fingerprint density at radius 1 is 1.43 bits per heavy atom. The molecule has 8 nitrogen and oxygen atoms in total. The van der Waals surface area contributed by atoms with Gasteiger partial charge >= 0.3 is 5.97 Å². The van der Waals surface area contributed by atoms with Crippen LogP contribution >= 0.6 is 0 Å². The molecule has 3 N–H and O–H groups in total. The maximum atomic E-state index is 11.9. The molecule has 1 amide bonds. The summed E-state index contributed by atoms with van der Waals surface area (Å²) in [7, 11) is 0. The van der Waals surface area contributed by atoms with Gasteiger partial charge in [-0.15, -0.1) is 0 Å². The summed E-state index contributed by atoms with van der Waals surface area (Å²) in [4.78, 5) is 33.1. The van der Waals surface area contributed by atoms with Gasteiger partial charge in [0.15, 0.2) is 0 Å². The Balaban J connectivity index is 2.20. The van der Waals surface area contributed by atoms with Gasteiger partial charge in [-0.25, -0.2) is 0 Å². The third kappa shape index (κ3) is 3.68. The number of nitrogens with one attached hydrogen (secondary N) is 2. The molecule has 1 aromatic carbocycles. The van der Waals surface area contributed by atoms with E-state index in [9.17, 15) is 19.7 Å². The Kier molecular flexibility index (Phi) is 4.06. The maximum Gasteiger partial charge on any atom is 0.325 e. The minimum atomic E-state index is -1.18. The van der Waals surface area contributed by atoms with Crippen LogP contribution < -0.4 is 10.6 Å². The van der Waals surface area contributed by atoms with Crippen molar-refractivity contribution in [1.29, 1.82) is 0 Å². The Labute approximate surface area is 120 Å². The van der Waals surface area contributed by atoms with Crippen molar-refractivity contribution in [2.75, 3.05) is 5.32 Å². The maximum absolute atomic E-state index is 11.9. The summed E-state index contributed by atoms with van der Waals surface area (Å²) in [6.07, 6.45) is 1.94. The van der Waals surface area contributed by atoms with Gasteiger partial charge in [-0.05, 0) is 31.9 Å². The van der Waals surface area contributed by atoms with Crippen LogP contribution in [0.15, 0.2) is 18.2 Å². The molecule has 0 heterocycles. The number of carboxylic acid groups (broad SMARTS) is 1. The van der Waals surface area contributed by atoms with E-state index in [0.717, 1.165) is 18.9 Å². The lowest BCUT2D eigenvalue weighted by Gasteiger charge is -2.10. The van der Waals surface area contributed by atoms with E-state index in [4.69, 9.17) is 5.11 Å². The van der Waals surface area contributed by atoms with E-state index >= 15 is 0 Å². The van der Waals surface area contributed by atoms with Crippen LogP contribution in [0.4, 0.5) is 11.4 Å². The molecule has 21 heavy (non-hydrogen) atoms. The lowest BCUT2D eigenvalue weighted by molar-refractivity contribution is -0.384. The minimum Gasteiger partial charge on any atom is -0.480 e. The first-order chi connectivity index (χ1) is 9.88. The van der Waals surface area contributed by atoms with Gasteiger partial charge in [0.25, 0.3) is 11.6 Å². The van der Waals surface area contributed by atoms with Gasteiger partial charge in [0, 0.05) is 17.7 Å². The van der Waals surface area contributed by atoms with Crippen molar-refractivity contribution in [2.24, 2.45) is 0 Å². The quantitative estimate of drug-likeness (QED) is 0.538. The van der Waals surface area contributed by atoms with Crippen molar-refractivity contribution in [3.8, 4) is 0 Å². The lowest BCUT2D eigenvalue weighted by atomic mass is 10.1. The first kappa shape index (κ1) is 14.8. The summed E-state index contributed by atoms with van der Waals surface area (Å²) in [6, 6.07) is 3.23. The molecule has 1 saturated carbocycles. The van der Waals surface area contributed by atoms with Crippen molar-refractivity contribution in [1.82, 2.24) is 5.32 Å². The molecular weight excluding hydrogens is 278 g/mol. The summed E-state index contributed by atoms with van der Waals surface area (Å²) < 4.78 is 0. The summed E-state index contributed by atoms with van der Waals surface area (Å²) in [6.45, 7) is 1.32. The fourth-order valence-corrected chi connectivity index (χ4v) is 1.74. The van der Waals surface area contributed by atoms with Crippen LogP contribution in [0, 0.1) is 10.1 Å². The normalized spacial score (nSPS) is 15.1. The van der Waals surface area contributed by atoms with E-state index in [1.807, 2.05) is 0 Å². The first-order valence-electron chi connectivity index (χ1n) is 6.47. The number of hydrogen-bond acceptors (Lipinski definition) is 5. The highest BCUT2D eigenvalue weighted by Gasteiger charge is 2.26. The average molecular weight is 293 g/mol. The Morgan fingerprint density at radius 3 is 2.62 bits per heavy atom. The van der Waals surface area contributed by atoms with Gasteiger partial charge in [0.1, 0.15) is 11.7 Å². The number of carbonyl (C=O) groups is 2. The Morgan fingerprint density at radius 2 is 2.10 bits per heavy atom. The van der Waals surface area contributed by atoms with Crippen LogP contribution in [-0.2, 0) is 4.79 Å². The number of carbonyl (C=O) groups excluding carboxylic acids is 1. The zero-order valence-corrected chi connectivity index (χ0v) is 11.3. The standard InChI is InChI=1S/C13H15N3O5/c1-7(13(18)19)14-12(17)8-2-5-10(15-9-3-4-9)11(6-8)16(20)21/h2,5-7,9,15H,3-4H2,1H3,(H,14,17)(H,18,19)/t7-/m0/s1. The van der Waals surface area contributed by atoms with Crippen LogP contribution in [0.5, 0.6) is 0 Å². The zero-order valence-electron chi connectivity index (χ0n) is 11.3. The molecule has 0 radical (unpaired) electrons. The molecule has 1 aromatic rings. The third-order valence-electron chi connectivity index (χ3n) is 3.11. The highest BCUT2D eigenvalue weighted by molar-refractivity contribution is 5.97. The first-order valence-corrected chi connectivity index (χ1v) is 6.47. The summed E-state index contributed by atoms with van der Waals surface area (Å²) in [5.74, 6) is -1.84. The number of benzene rings is 1. The molecule has 0 unspecified atom stereocenters. The predicted octanol–water partition coefficient (Wildman–Crippen LogP) is 1.37. The Bertz CT molecular complexity index is 597. The van der Waals surface area contributed by atoms with Crippen LogP contribution in [0.2, 0.25) is 0 Å². The number of amides is 1.